The maximum absolute atomic E-state index is 12.6. The van der Waals surface area contributed by atoms with Gasteiger partial charge in [0.25, 0.3) is 0 Å². The predicted molar refractivity (Wildman–Crippen MR) is 103 cm³/mol. The lowest BCUT2D eigenvalue weighted by Crippen LogP contribution is -2.34. The molecule has 0 heterocycles. The third kappa shape index (κ3) is 6.11. The molecule has 0 aliphatic heterocycles. The molecule has 2 unspecified atom stereocenters. The van der Waals surface area contributed by atoms with E-state index in [1.54, 1.807) is 23.9 Å². The van der Waals surface area contributed by atoms with E-state index in [0.29, 0.717) is 5.75 Å². The summed E-state index contributed by atoms with van der Waals surface area (Å²) in [5, 5.41) is 11.5. The molecule has 0 saturated carbocycles. The number of thioether (sulfide) groups is 1. The molecule has 0 saturated heterocycles. The van der Waals surface area contributed by atoms with Crippen LogP contribution in [0.15, 0.2) is 59.5 Å². The van der Waals surface area contributed by atoms with Crippen molar-refractivity contribution in [3.8, 4) is 5.75 Å². The summed E-state index contributed by atoms with van der Waals surface area (Å²) in [6, 6.07) is 16.8. The lowest BCUT2D eigenvalue weighted by molar-refractivity contribution is -0.139. The van der Waals surface area contributed by atoms with Crippen LogP contribution in [-0.2, 0) is 9.59 Å². The second-order valence-corrected chi connectivity index (χ2v) is 7.09. The third-order valence-corrected chi connectivity index (χ3v) is 5.16. The summed E-state index contributed by atoms with van der Waals surface area (Å²) in [5.41, 5.74) is 0.931. The SMILES string of the molecule is CCC(Sc1ccccc1)C(=O)NC(C)c1ccc(OCC(=O)O)cc1. The Bertz CT molecular complexity index is 718. The third-order valence-electron chi connectivity index (χ3n) is 3.79. The number of ether oxygens (including phenoxy) is 1. The number of aliphatic carboxylic acids is 1. The van der Waals surface area contributed by atoms with Crippen LogP contribution in [0.2, 0.25) is 0 Å². The number of benzene rings is 2. The van der Waals surface area contributed by atoms with E-state index in [1.807, 2.05) is 56.3 Å². The predicted octanol–water partition coefficient (Wildman–Crippen LogP) is 3.90. The van der Waals surface area contributed by atoms with Crippen LogP contribution in [0.5, 0.6) is 5.75 Å². The number of hydrogen-bond donors (Lipinski definition) is 2. The van der Waals surface area contributed by atoms with Gasteiger partial charge in [0.2, 0.25) is 5.91 Å². The van der Waals surface area contributed by atoms with E-state index in [1.165, 1.54) is 0 Å². The summed E-state index contributed by atoms with van der Waals surface area (Å²) in [5.74, 6) is -0.531. The highest BCUT2D eigenvalue weighted by Gasteiger charge is 2.20. The average Bonchev–Trinajstić information content (AvgIpc) is 2.65. The molecule has 138 valence electrons. The van der Waals surface area contributed by atoms with Gasteiger partial charge in [0.05, 0.1) is 11.3 Å². The van der Waals surface area contributed by atoms with E-state index < -0.39 is 5.97 Å². The van der Waals surface area contributed by atoms with E-state index in [0.717, 1.165) is 16.9 Å². The van der Waals surface area contributed by atoms with Crippen LogP contribution in [0.3, 0.4) is 0 Å². The van der Waals surface area contributed by atoms with E-state index in [-0.39, 0.29) is 23.8 Å². The Labute approximate surface area is 157 Å². The fourth-order valence-corrected chi connectivity index (χ4v) is 3.36. The van der Waals surface area contributed by atoms with Crippen molar-refractivity contribution in [3.05, 3.63) is 60.2 Å². The number of rotatable bonds is 9. The van der Waals surface area contributed by atoms with Crippen LogP contribution in [0.4, 0.5) is 0 Å². The van der Waals surface area contributed by atoms with Crippen LogP contribution in [0.1, 0.15) is 31.9 Å². The normalized spacial score (nSPS) is 12.8. The van der Waals surface area contributed by atoms with E-state index in [2.05, 4.69) is 5.32 Å². The standard InChI is InChI=1S/C20H23NO4S/c1-3-18(26-17-7-5-4-6-8-17)20(24)21-14(2)15-9-11-16(12-10-15)25-13-19(22)23/h4-12,14,18H,3,13H2,1-2H3,(H,21,24)(H,22,23). The number of carboxylic acid groups (broad SMARTS) is 1. The smallest absolute Gasteiger partial charge is 0.341 e. The van der Waals surface area contributed by atoms with Crippen LogP contribution in [-0.4, -0.2) is 28.8 Å². The summed E-state index contributed by atoms with van der Waals surface area (Å²) < 4.78 is 5.12. The van der Waals surface area contributed by atoms with Crippen LogP contribution >= 0.6 is 11.8 Å². The van der Waals surface area contributed by atoms with E-state index >= 15 is 0 Å². The molecule has 1 amide bonds. The number of nitrogens with one attached hydrogen (secondary N) is 1. The minimum absolute atomic E-state index is 0.0000526. The second kappa shape index (κ2) is 9.87. The topological polar surface area (TPSA) is 75.6 Å². The molecular weight excluding hydrogens is 350 g/mol. The summed E-state index contributed by atoms with van der Waals surface area (Å²) in [4.78, 5) is 24.2. The number of carbonyl (C=O) groups excluding carboxylic acids is 1. The first-order valence-corrected chi connectivity index (χ1v) is 9.34. The highest BCUT2D eigenvalue weighted by Crippen LogP contribution is 2.26. The molecule has 2 atom stereocenters. The van der Waals surface area contributed by atoms with Gasteiger partial charge in [-0.15, -0.1) is 11.8 Å². The molecule has 26 heavy (non-hydrogen) atoms. The minimum atomic E-state index is -1.02. The molecule has 2 aromatic rings. The number of amides is 1. The Balaban J connectivity index is 1.93. The molecule has 0 aromatic heterocycles. The first-order valence-electron chi connectivity index (χ1n) is 8.46. The number of carboxylic acids is 1. The Morgan fingerprint density at radius 1 is 1.12 bits per heavy atom. The summed E-state index contributed by atoms with van der Waals surface area (Å²) in [6.07, 6.45) is 0.736. The molecule has 2 aromatic carbocycles. The van der Waals surface area contributed by atoms with Gasteiger partial charge in [-0.1, -0.05) is 37.3 Å². The monoisotopic (exact) mass is 373 g/mol. The van der Waals surface area contributed by atoms with Crippen molar-refractivity contribution in [2.75, 3.05) is 6.61 Å². The quantitative estimate of drug-likeness (QED) is 0.652. The minimum Gasteiger partial charge on any atom is -0.482 e. The highest BCUT2D eigenvalue weighted by atomic mass is 32.2. The zero-order valence-electron chi connectivity index (χ0n) is 14.8. The Morgan fingerprint density at radius 2 is 1.77 bits per heavy atom. The largest absolute Gasteiger partial charge is 0.482 e. The molecule has 2 rings (SSSR count). The fourth-order valence-electron chi connectivity index (χ4n) is 2.37. The average molecular weight is 373 g/mol. The molecule has 6 heteroatoms. The molecule has 0 fully saturated rings. The van der Waals surface area contributed by atoms with Gasteiger partial charge in [-0.2, -0.15) is 0 Å². The van der Waals surface area contributed by atoms with Crippen molar-refractivity contribution >= 4 is 23.6 Å². The van der Waals surface area contributed by atoms with Gasteiger partial charge in [-0.3, -0.25) is 4.79 Å². The first-order chi connectivity index (χ1) is 12.5. The summed E-state index contributed by atoms with van der Waals surface area (Å²) in [6.45, 7) is 3.55. The zero-order chi connectivity index (χ0) is 18.9. The molecule has 5 nitrogen and oxygen atoms in total. The number of carbonyl (C=O) groups is 2. The van der Waals surface area contributed by atoms with Crippen molar-refractivity contribution < 1.29 is 19.4 Å². The van der Waals surface area contributed by atoms with Crippen molar-refractivity contribution in [2.45, 2.75) is 36.5 Å². The summed E-state index contributed by atoms with van der Waals surface area (Å²) in [7, 11) is 0. The molecule has 0 aliphatic carbocycles. The van der Waals surface area contributed by atoms with Gasteiger partial charge in [0, 0.05) is 4.90 Å². The van der Waals surface area contributed by atoms with Crippen molar-refractivity contribution in [2.24, 2.45) is 0 Å². The maximum Gasteiger partial charge on any atom is 0.341 e. The van der Waals surface area contributed by atoms with Gasteiger partial charge in [-0.05, 0) is 43.2 Å². The van der Waals surface area contributed by atoms with Crippen LogP contribution in [0.25, 0.3) is 0 Å². The molecular formula is C20H23NO4S. The Hall–Kier alpha value is -2.47. The molecule has 2 N–H and O–H groups in total. The molecule has 0 aliphatic rings. The van der Waals surface area contributed by atoms with Gasteiger partial charge in [0.15, 0.2) is 6.61 Å². The van der Waals surface area contributed by atoms with E-state index in [9.17, 15) is 9.59 Å². The first kappa shape index (κ1) is 19.8. The number of hydrogen-bond acceptors (Lipinski definition) is 4. The lowest BCUT2D eigenvalue weighted by Gasteiger charge is -2.19. The van der Waals surface area contributed by atoms with Crippen molar-refractivity contribution in [1.29, 1.82) is 0 Å². The van der Waals surface area contributed by atoms with Gasteiger partial charge >= 0.3 is 5.97 Å². The highest BCUT2D eigenvalue weighted by molar-refractivity contribution is 8.00. The van der Waals surface area contributed by atoms with Crippen molar-refractivity contribution in [3.63, 3.8) is 0 Å². The Kier molecular flexibility index (Phi) is 7.53. The lowest BCUT2D eigenvalue weighted by atomic mass is 10.1. The fraction of sp³-hybridized carbons (Fsp3) is 0.300. The van der Waals surface area contributed by atoms with Crippen LogP contribution < -0.4 is 10.1 Å². The Morgan fingerprint density at radius 3 is 2.35 bits per heavy atom. The maximum atomic E-state index is 12.6. The molecule has 0 radical (unpaired) electrons. The van der Waals surface area contributed by atoms with Crippen LogP contribution in [0, 0.1) is 0 Å². The van der Waals surface area contributed by atoms with E-state index in [4.69, 9.17) is 9.84 Å². The zero-order valence-corrected chi connectivity index (χ0v) is 15.7. The summed E-state index contributed by atoms with van der Waals surface area (Å²) >= 11 is 1.56. The van der Waals surface area contributed by atoms with Crippen molar-refractivity contribution in [1.82, 2.24) is 5.32 Å². The second-order valence-electron chi connectivity index (χ2n) is 5.81. The van der Waals surface area contributed by atoms with Gasteiger partial charge in [-0.25, -0.2) is 4.79 Å². The molecule has 0 bridgehead atoms. The molecule has 0 spiro atoms. The van der Waals surface area contributed by atoms with Gasteiger partial charge in [0.1, 0.15) is 5.75 Å². The van der Waals surface area contributed by atoms with Gasteiger partial charge < -0.3 is 15.2 Å².